The van der Waals surface area contributed by atoms with Gasteiger partial charge in [0.25, 0.3) is 0 Å². The van der Waals surface area contributed by atoms with Gasteiger partial charge in [-0.2, -0.15) is 5.10 Å². The predicted molar refractivity (Wildman–Crippen MR) is 119 cm³/mol. The summed E-state index contributed by atoms with van der Waals surface area (Å²) in [6.07, 6.45) is 6.69. The quantitative estimate of drug-likeness (QED) is 0.354. The van der Waals surface area contributed by atoms with Crippen molar-refractivity contribution in [3.05, 3.63) is 57.7 Å². The summed E-state index contributed by atoms with van der Waals surface area (Å²) < 4.78 is 7.47. The van der Waals surface area contributed by atoms with E-state index in [4.69, 9.17) is 22.7 Å². The van der Waals surface area contributed by atoms with Crippen LogP contribution in [0.15, 0.2) is 57.3 Å². The SMILES string of the molecule is CCN(CC)C1=CC=C(/C=N/NC(N)=S)C(C)(OCc2ccccc2Br)C1. The lowest BCUT2D eigenvalue weighted by Gasteiger charge is -2.38. The third kappa shape index (κ3) is 5.89. The smallest absolute Gasteiger partial charge is 0.184 e. The van der Waals surface area contributed by atoms with E-state index in [1.807, 2.05) is 18.2 Å². The van der Waals surface area contributed by atoms with Crippen LogP contribution < -0.4 is 11.2 Å². The van der Waals surface area contributed by atoms with Gasteiger partial charge in [-0.3, -0.25) is 5.43 Å². The third-order valence-electron chi connectivity index (χ3n) is 4.64. The molecule has 0 saturated heterocycles. The lowest BCUT2D eigenvalue weighted by molar-refractivity contribution is -0.0160. The number of benzene rings is 1. The molecule has 0 heterocycles. The van der Waals surface area contributed by atoms with E-state index in [1.54, 1.807) is 6.21 Å². The van der Waals surface area contributed by atoms with Gasteiger partial charge in [-0.25, -0.2) is 0 Å². The maximum atomic E-state index is 6.43. The molecule has 5 nitrogen and oxygen atoms in total. The number of rotatable bonds is 8. The normalized spacial score (nSPS) is 19.6. The van der Waals surface area contributed by atoms with Gasteiger partial charge in [-0.1, -0.05) is 40.2 Å². The van der Waals surface area contributed by atoms with E-state index in [0.29, 0.717) is 6.61 Å². The highest BCUT2D eigenvalue weighted by Gasteiger charge is 2.34. The molecule has 1 aliphatic carbocycles. The summed E-state index contributed by atoms with van der Waals surface area (Å²) in [5.74, 6) is 0. The van der Waals surface area contributed by atoms with Gasteiger partial charge in [0.2, 0.25) is 0 Å². The molecule has 0 aliphatic heterocycles. The van der Waals surface area contributed by atoms with E-state index >= 15 is 0 Å². The highest BCUT2D eigenvalue weighted by Crippen LogP contribution is 2.34. The fraction of sp³-hybridized carbons (Fsp3) is 0.400. The van der Waals surface area contributed by atoms with Crippen molar-refractivity contribution >= 4 is 39.5 Å². The number of nitrogens with one attached hydrogen (secondary N) is 1. The minimum atomic E-state index is -0.511. The van der Waals surface area contributed by atoms with Crippen LogP contribution in [-0.4, -0.2) is 34.9 Å². The van der Waals surface area contributed by atoms with Crippen LogP contribution in [0.3, 0.4) is 0 Å². The number of nitrogens with two attached hydrogens (primary N) is 1. The molecule has 1 aliphatic rings. The van der Waals surface area contributed by atoms with Crippen molar-refractivity contribution in [2.45, 2.75) is 39.4 Å². The largest absolute Gasteiger partial charge is 0.375 e. The zero-order valence-electron chi connectivity index (χ0n) is 16.0. The molecule has 1 atom stereocenters. The summed E-state index contributed by atoms with van der Waals surface area (Å²) >= 11 is 8.40. The number of allylic oxidation sites excluding steroid dienone is 2. The average Bonchev–Trinajstić information content (AvgIpc) is 2.64. The van der Waals surface area contributed by atoms with Crippen LogP contribution in [0, 0.1) is 0 Å². The molecular formula is C20H27BrN4OS. The van der Waals surface area contributed by atoms with E-state index in [0.717, 1.165) is 35.1 Å². The van der Waals surface area contributed by atoms with E-state index in [9.17, 15) is 0 Å². The molecule has 0 saturated carbocycles. The number of nitrogens with zero attached hydrogens (tertiary/aromatic N) is 2. The Morgan fingerprint density at radius 3 is 2.70 bits per heavy atom. The van der Waals surface area contributed by atoms with Crippen LogP contribution in [0.5, 0.6) is 0 Å². The second-order valence-corrected chi connectivity index (χ2v) is 7.77. The molecular weight excluding hydrogens is 424 g/mol. The molecule has 1 aromatic carbocycles. The second-order valence-electron chi connectivity index (χ2n) is 6.47. The van der Waals surface area contributed by atoms with Crippen LogP contribution in [-0.2, 0) is 11.3 Å². The molecule has 0 amide bonds. The number of hydrogen-bond donors (Lipinski definition) is 2. The molecule has 2 rings (SSSR count). The molecule has 0 aromatic heterocycles. The molecule has 146 valence electrons. The lowest BCUT2D eigenvalue weighted by atomic mass is 9.86. The van der Waals surface area contributed by atoms with Gasteiger partial charge in [-0.15, -0.1) is 0 Å². The molecule has 1 aromatic rings. The van der Waals surface area contributed by atoms with Crippen molar-refractivity contribution in [3.8, 4) is 0 Å². The molecule has 27 heavy (non-hydrogen) atoms. The van der Waals surface area contributed by atoms with Crippen molar-refractivity contribution in [1.29, 1.82) is 0 Å². The van der Waals surface area contributed by atoms with Crippen LogP contribution in [0.4, 0.5) is 0 Å². The van der Waals surface area contributed by atoms with Gasteiger partial charge in [0, 0.05) is 35.3 Å². The maximum Gasteiger partial charge on any atom is 0.184 e. The number of thiocarbonyl (C=S) groups is 1. The summed E-state index contributed by atoms with van der Waals surface area (Å²) in [6.45, 7) is 8.84. The first kappa shape index (κ1) is 21.6. The minimum Gasteiger partial charge on any atom is -0.375 e. The number of hydrazone groups is 1. The van der Waals surface area contributed by atoms with E-state index < -0.39 is 5.60 Å². The average molecular weight is 451 g/mol. The van der Waals surface area contributed by atoms with E-state index in [1.165, 1.54) is 5.70 Å². The summed E-state index contributed by atoms with van der Waals surface area (Å²) in [4.78, 5) is 2.34. The van der Waals surface area contributed by atoms with Gasteiger partial charge >= 0.3 is 0 Å². The fourth-order valence-corrected chi connectivity index (χ4v) is 3.50. The second kappa shape index (κ2) is 10.0. The first-order valence-corrected chi connectivity index (χ1v) is 10.2. The standard InChI is InChI=1S/C20H27BrN4OS/c1-4-25(5-2)17-11-10-16(13-23-24-19(22)27)20(3,12-17)26-14-15-8-6-7-9-18(15)21/h6-11,13H,4-5,12,14H2,1-3H3,(H3,22,24,27)/b23-13+. The fourth-order valence-electron chi connectivity index (χ4n) is 3.05. The summed E-state index contributed by atoms with van der Waals surface area (Å²) in [7, 11) is 0. The van der Waals surface area contributed by atoms with Gasteiger partial charge in [-0.05, 0) is 50.7 Å². The molecule has 0 bridgehead atoms. The van der Waals surface area contributed by atoms with Crippen molar-refractivity contribution in [2.75, 3.05) is 13.1 Å². The van der Waals surface area contributed by atoms with E-state index in [2.05, 4.69) is 70.3 Å². The Kier molecular flexibility index (Phi) is 8.01. The van der Waals surface area contributed by atoms with Crippen LogP contribution in [0.2, 0.25) is 0 Å². The highest BCUT2D eigenvalue weighted by atomic mass is 79.9. The van der Waals surface area contributed by atoms with Crippen molar-refractivity contribution in [1.82, 2.24) is 10.3 Å². The van der Waals surface area contributed by atoms with Crippen molar-refractivity contribution < 1.29 is 4.74 Å². The Morgan fingerprint density at radius 1 is 1.37 bits per heavy atom. The van der Waals surface area contributed by atoms with Crippen molar-refractivity contribution in [3.63, 3.8) is 0 Å². The monoisotopic (exact) mass is 450 g/mol. The van der Waals surface area contributed by atoms with Gasteiger partial charge in [0.1, 0.15) is 0 Å². The number of halogens is 1. The van der Waals surface area contributed by atoms with Crippen LogP contribution in [0.1, 0.15) is 32.8 Å². The Hall–Kier alpha value is -1.70. The Bertz CT molecular complexity index is 758. The van der Waals surface area contributed by atoms with Crippen molar-refractivity contribution in [2.24, 2.45) is 10.8 Å². The number of ether oxygens (including phenoxy) is 1. The van der Waals surface area contributed by atoms with Gasteiger partial charge < -0.3 is 15.4 Å². The zero-order valence-corrected chi connectivity index (χ0v) is 18.4. The first-order valence-electron chi connectivity index (χ1n) is 9.01. The molecule has 3 N–H and O–H groups in total. The summed E-state index contributed by atoms with van der Waals surface area (Å²) in [5, 5.41) is 4.27. The lowest BCUT2D eigenvalue weighted by Crippen LogP contribution is -2.38. The Balaban J connectivity index is 2.25. The molecule has 7 heteroatoms. The molecule has 1 unspecified atom stereocenters. The van der Waals surface area contributed by atoms with Crippen LogP contribution >= 0.6 is 28.1 Å². The van der Waals surface area contributed by atoms with Gasteiger partial charge in [0.05, 0.1) is 18.4 Å². The van der Waals surface area contributed by atoms with Gasteiger partial charge in [0.15, 0.2) is 5.11 Å². The first-order chi connectivity index (χ1) is 12.9. The molecule has 0 spiro atoms. The molecule has 0 fully saturated rings. The zero-order chi connectivity index (χ0) is 19.9. The molecule has 0 radical (unpaired) electrons. The summed E-state index contributed by atoms with van der Waals surface area (Å²) in [5.41, 5.74) is 10.9. The number of hydrogen-bond acceptors (Lipinski definition) is 4. The topological polar surface area (TPSA) is 62.9 Å². The summed E-state index contributed by atoms with van der Waals surface area (Å²) in [6, 6.07) is 8.09. The van der Waals surface area contributed by atoms with Crippen LogP contribution in [0.25, 0.3) is 0 Å². The Morgan fingerprint density at radius 2 is 2.07 bits per heavy atom. The highest BCUT2D eigenvalue weighted by molar-refractivity contribution is 9.10. The predicted octanol–water partition coefficient (Wildman–Crippen LogP) is 4.10. The minimum absolute atomic E-state index is 0.137. The van der Waals surface area contributed by atoms with E-state index in [-0.39, 0.29) is 5.11 Å². The third-order valence-corrected chi connectivity index (χ3v) is 5.50. The maximum absolute atomic E-state index is 6.43. The Labute approximate surface area is 175 Å².